The van der Waals surface area contributed by atoms with Crippen molar-refractivity contribution in [1.29, 1.82) is 0 Å². The molecule has 4 rings (SSSR count). The molecule has 60 heteroatoms. The molecule has 0 heterocycles. The van der Waals surface area contributed by atoms with Gasteiger partial charge in [-0.25, -0.2) is 0 Å². The summed E-state index contributed by atoms with van der Waals surface area (Å²) in [4.78, 5) is 0. The van der Waals surface area contributed by atoms with E-state index in [9.17, 15) is 237 Å². The van der Waals surface area contributed by atoms with Gasteiger partial charge in [-0.05, 0) is 107 Å². The Kier molecular flexibility index (Phi) is 29.1. The number of fused-ring (bicyclic) bond motifs is 6. The highest BCUT2D eigenvalue weighted by Gasteiger charge is 2.87. The smallest absolute Gasteiger partial charge is 0.460 e. The molecule has 0 saturated heterocycles. The van der Waals surface area contributed by atoms with Crippen molar-refractivity contribution in [3.8, 4) is 34.5 Å². The molecule has 120 heavy (non-hydrogen) atoms. The van der Waals surface area contributed by atoms with E-state index in [0.29, 0.717) is 0 Å². The zero-order chi connectivity index (χ0) is 94.1. The maximum Gasteiger partial charge on any atom is 0.460 e. The second-order valence-electron chi connectivity index (χ2n) is 25.4. The average Bonchev–Trinajstić information content (AvgIpc) is 0.725. The first-order chi connectivity index (χ1) is 53.0. The van der Waals surface area contributed by atoms with Crippen molar-refractivity contribution in [2.24, 2.45) is 0 Å². The van der Waals surface area contributed by atoms with Gasteiger partial charge in [-0.15, -0.1) is 0 Å². The van der Waals surface area contributed by atoms with Gasteiger partial charge in [0.1, 0.15) is 0 Å². The molecular formula is C60H42F54O6. The van der Waals surface area contributed by atoms with Crippen LogP contribution in [0.5, 0.6) is 34.5 Å². The van der Waals surface area contributed by atoms with E-state index in [2.05, 4.69) is 0 Å². The molecule has 0 spiro atoms. The molecule has 0 amide bonds. The topological polar surface area (TPSA) is 55.4 Å². The van der Waals surface area contributed by atoms with Crippen LogP contribution in [0.2, 0.25) is 0 Å². The van der Waals surface area contributed by atoms with Gasteiger partial charge >= 0.3 is 144 Å². The SMILES string of the molecule is FC(F)(F)C(F)(F)C(F)(F)C(F)(F)CCCOc1cc2c3cc(OCCCC(F)(F)C(F)(F)C(F)(F)C(F)(F)F)c(OCCCC(F)(F)C(F)(F)C(F)(F)C(F)(F)F)cc3c3cc(OCCCC(F)(F)C(F)(F)C(F)(F)C(F)(F)F)c(OCCCC(F)(F)C(F)(F)C(F)(F)C(F)(F)F)cc3c2cc1OCCCC(F)(F)C(F)(F)C(F)(F)C(F)(F)F. The fourth-order valence-corrected chi connectivity index (χ4v) is 9.94. The Hall–Kier alpha value is -7.32. The first-order valence-electron chi connectivity index (χ1n) is 31.5. The molecule has 0 saturated carbocycles. The summed E-state index contributed by atoms with van der Waals surface area (Å²) in [6.07, 6.45) is -75.8. The lowest BCUT2D eigenvalue weighted by Gasteiger charge is -2.33. The molecule has 0 aliphatic heterocycles. The molecule has 0 aliphatic rings. The quantitative estimate of drug-likeness (QED) is 0.0250. The Balaban J connectivity index is 2.29. The monoisotopic (exact) mass is 1880 g/mol. The van der Waals surface area contributed by atoms with E-state index in [-0.39, 0.29) is 36.4 Å². The van der Waals surface area contributed by atoms with Gasteiger partial charge in [0, 0.05) is 38.5 Å². The van der Waals surface area contributed by atoms with E-state index in [0.717, 1.165) is 0 Å². The van der Waals surface area contributed by atoms with E-state index >= 15 is 0 Å². The van der Waals surface area contributed by atoms with Crippen LogP contribution < -0.4 is 28.4 Å². The minimum atomic E-state index is -7.70. The molecule has 0 bridgehead atoms. The van der Waals surface area contributed by atoms with Crippen LogP contribution in [0.1, 0.15) is 77.0 Å². The highest BCUT2D eigenvalue weighted by molar-refractivity contribution is 6.27. The first kappa shape index (κ1) is 105. The number of alkyl halides is 54. The molecule has 0 aromatic heterocycles. The fourth-order valence-electron chi connectivity index (χ4n) is 9.94. The Morgan fingerprint density at radius 1 is 0.142 bits per heavy atom. The van der Waals surface area contributed by atoms with Gasteiger partial charge in [-0.3, -0.25) is 0 Å². The van der Waals surface area contributed by atoms with Gasteiger partial charge < -0.3 is 28.4 Å². The first-order valence-corrected chi connectivity index (χ1v) is 31.5. The zero-order valence-electron chi connectivity index (χ0n) is 57.1. The van der Waals surface area contributed by atoms with Gasteiger partial charge in [0.15, 0.2) is 34.5 Å². The summed E-state index contributed by atoms with van der Waals surface area (Å²) < 4.78 is 778. The lowest BCUT2D eigenvalue weighted by atomic mass is 9.93. The lowest BCUT2D eigenvalue weighted by Crippen LogP contribution is -2.60. The van der Waals surface area contributed by atoms with Crippen molar-refractivity contribution >= 4 is 32.3 Å². The Morgan fingerprint density at radius 2 is 0.233 bits per heavy atom. The zero-order valence-corrected chi connectivity index (χ0v) is 57.1. The van der Waals surface area contributed by atoms with Crippen LogP contribution >= 0.6 is 0 Å². The summed E-state index contributed by atoms with van der Waals surface area (Å²) in [5.74, 6) is -141. The maximum absolute atomic E-state index is 14.8. The second-order valence-corrected chi connectivity index (χ2v) is 25.4. The van der Waals surface area contributed by atoms with Gasteiger partial charge in [-0.2, -0.15) is 237 Å². The largest absolute Gasteiger partial charge is 0.490 e. The molecule has 696 valence electrons. The number of benzene rings is 4. The summed E-state index contributed by atoms with van der Waals surface area (Å²) in [6, 6.07) is 0.242. The molecule has 0 N–H and O–H groups in total. The molecule has 0 fully saturated rings. The molecule has 0 aliphatic carbocycles. The third-order valence-corrected chi connectivity index (χ3v) is 16.7. The summed E-state index contributed by atoms with van der Waals surface area (Å²) in [5, 5.41) is -7.35. The summed E-state index contributed by atoms with van der Waals surface area (Å²) >= 11 is 0. The third-order valence-electron chi connectivity index (χ3n) is 16.7. The number of ether oxygens (including phenoxy) is 6. The average molecular weight is 1880 g/mol. The molecular weight excluding hydrogens is 1840 g/mol. The number of halogens is 54. The second kappa shape index (κ2) is 33.3. The standard InChI is InChI=1S/C60H42F54O6/c61-37(62,43(73,74)49(85,86)55(97,98)99)7-1-13-115-31-19-25-26(20-32(31)116-14-2-8-38(63,64)44(75,76)50(87,88)56(100,101)102)28-22-34(118-16-4-10-40(67,68)46(79,80)52(91,92)58(106,107)108)36(120-18-6-12-42(71,72)48(83,84)54(95,96)60(112,113)114)24-30(28)29-23-35(119-17-5-11-41(69,70)47(81,82)53(93,94)59(109,110)111)33(21-27(25)29)117-15-3-9-39(65,66)45(77,78)51(89,90)57(103,104)105/h19-24H,1-18H2. The molecule has 4 aromatic carbocycles. The lowest BCUT2D eigenvalue weighted by molar-refractivity contribution is -0.396. The Bertz CT molecular complexity index is 3440. The molecule has 6 nitrogen and oxygen atoms in total. The molecule has 0 atom stereocenters. The van der Waals surface area contributed by atoms with Crippen molar-refractivity contribution in [2.45, 2.75) is 221 Å². The Labute approximate surface area is 628 Å². The van der Waals surface area contributed by atoms with Gasteiger partial charge in [0.05, 0.1) is 39.6 Å². The predicted molar refractivity (Wildman–Crippen MR) is 293 cm³/mol. The predicted octanol–water partition coefficient (Wildman–Crippen LogP) is 26.9. The minimum absolute atomic E-state index is 0.0403. The van der Waals surface area contributed by atoms with Crippen LogP contribution in [0, 0.1) is 0 Å². The number of rotatable bonds is 42. The molecule has 0 unspecified atom stereocenters. The van der Waals surface area contributed by atoms with Crippen LogP contribution in [-0.4, -0.2) is 183 Å². The van der Waals surface area contributed by atoms with Crippen molar-refractivity contribution in [1.82, 2.24) is 0 Å². The minimum Gasteiger partial charge on any atom is -0.490 e. The fraction of sp³-hybridized carbons (Fsp3) is 0.700. The van der Waals surface area contributed by atoms with E-state index in [1.54, 1.807) is 0 Å². The van der Waals surface area contributed by atoms with E-state index in [1.165, 1.54) is 0 Å². The van der Waals surface area contributed by atoms with Crippen LogP contribution in [0.15, 0.2) is 36.4 Å². The number of hydrogen-bond acceptors (Lipinski definition) is 6. The highest BCUT2D eigenvalue weighted by Crippen LogP contribution is 2.62. The van der Waals surface area contributed by atoms with Crippen molar-refractivity contribution < 1.29 is 266 Å². The normalized spacial score (nSPS) is 15.3. The van der Waals surface area contributed by atoms with E-state index in [4.69, 9.17) is 28.4 Å². The summed E-state index contributed by atoms with van der Waals surface area (Å²) in [6.45, 7) is -12.0. The van der Waals surface area contributed by atoms with E-state index in [1.807, 2.05) is 0 Å². The van der Waals surface area contributed by atoms with Crippen LogP contribution in [-0.2, 0) is 0 Å². The molecule has 0 radical (unpaired) electrons. The van der Waals surface area contributed by atoms with Gasteiger partial charge in [0.2, 0.25) is 0 Å². The maximum atomic E-state index is 14.8. The van der Waals surface area contributed by atoms with Crippen LogP contribution in [0.25, 0.3) is 32.3 Å². The summed E-state index contributed by atoms with van der Waals surface area (Å²) in [7, 11) is 0. The van der Waals surface area contributed by atoms with Crippen LogP contribution in [0.4, 0.5) is 237 Å². The number of hydrogen-bond donors (Lipinski definition) is 0. The Morgan fingerprint density at radius 3 is 0.317 bits per heavy atom. The summed E-state index contributed by atoms with van der Waals surface area (Å²) in [5.41, 5.74) is 0. The van der Waals surface area contributed by atoms with E-state index < -0.39 is 327 Å². The highest BCUT2D eigenvalue weighted by atomic mass is 19.5. The van der Waals surface area contributed by atoms with Gasteiger partial charge in [-0.1, -0.05) is 0 Å². The van der Waals surface area contributed by atoms with Crippen molar-refractivity contribution in [2.75, 3.05) is 39.6 Å². The van der Waals surface area contributed by atoms with Crippen molar-refractivity contribution in [3.63, 3.8) is 0 Å². The van der Waals surface area contributed by atoms with Gasteiger partial charge in [0.25, 0.3) is 0 Å². The third kappa shape index (κ3) is 19.3. The molecule has 4 aromatic rings. The van der Waals surface area contributed by atoms with Crippen LogP contribution in [0.3, 0.4) is 0 Å². The van der Waals surface area contributed by atoms with Crippen molar-refractivity contribution in [3.05, 3.63) is 36.4 Å².